The number of hydrogen-bond donors (Lipinski definition) is 2. The van der Waals surface area contributed by atoms with Gasteiger partial charge in [0.25, 0.3) is 11.6 Å². The number of hydrogen-bond acceptors (Lipinski definition) is 7. The number of nitrogens with one attached hydrogen (secondary N) is 2. The molecule has 2 aromatic carbocycles. The van der Waals surface area contributed by atoms with Crippen LogP contribution in [0.15, 0.2) is 47.6 Å². The molecule has 0 bridgehead atoms. The van der Waals surface area contributed by atoms with Crippen LogP contribution in [0.1, 0.15) is 34.1 Å². The monoisotopic (exact) mass is 432 g/mol. The first-order chi connectivity index (χ1) is 14.2. The topological polar surface area (TPSA) is 140 Å². The zero-order valence-corrected chi connectivity index (χ0v) is 16.7. The number of ether oxygens (including phenoxy) is 1. The standard InChI is InChI=1S/C19H17ClN4O6/c1-11(9-17(25)21-15-6-4-3-5-13(15)19(27)30-2)22-23-18(26)12-7-8-16(24(28)29)14(20)10-12/h3-8,10H,9H2,1-2H3,(H,21,25)(H,23,26). The van der Waals surface area contributed by atoms with Gasteiger partial charge in [0.2, 0.25) is 5.91 Å². The van der Waals surface area contributed by atoms with E-state index in [2.05, 4.69) is 20.6 Å². The minimum absolute atomic E-state index is 0.0682. The number of hydrazone groups is 1. The quantitative estimate of drug-likeness (QED) is 0.298. The highest BCUT2D eigenvalue weighted by Gasteiger charge is 2.16. The van der Waals surface area contributed by atoms with E-state index in [0.717, 1.165) is 12.1 Å². The molecule has 156 valence electrons. The third-order valence-corrected chi connectivity index (χ3v) is 4.08. The Hall–Kier alpha value is -3.79. The number of carbonyl (C=O) groups is 3. The molecule has 0 spiro atoms. The zero-order chi connectivity index (χ0) is 22.3. The van der Waals surface area contributed by atoms with Crippen molar-refractivity contribution in [3.63, 3.8) is 0 Å². The molecule has 0 saturated heterocycles. The maximum atomic E-state index is 12.2. The van der Waals surface area contributed by atoms with E-state index in [0.29, 0.717) is 0 Å². The number of nitro groups is 1. The summed E-state index contributed by atoms with van der Waals surface area (Å²) < 4.78 is 4.67. The smallest absolute Gasteiger partial charge is 0.339 e. The summed E-state index contributed by atoms with van der Waals surface area (Å²) in [6, 6.07) is 9.85. The lowest BCUT2D eigenvalue weighted by atomic mass is 10.1. The largest absolute Gasteiger partial charge is 0.465 e. The molecule has 0 aliphatic heterocycles. The zero-order valence-electron chi connectivity index (χ0n) is 16.0. The van der Waals surface area contributed by atoms with Crippen molar-refractivity contribution in [2.75, 3.05) is 12.4 Å². The van der Waals surface area contributed by atoms with Crippen LogP contribution in [0.5, 0.6) is 0 Å². The molecule has 0 unspecified atom stereocenters. The van der Waals surface area contributed by atoms with E-state index >= 15 is 0 Å². The molecule has 0 saturated carbocycles. The van der Waals surface area contributed by atoms with Gasteiger partial charge in [-0.3, -0.25) is 19.7 Å². The number of carbonyl (C=O) groups excluding carboxylic acids is 3. The van der Waals surface area contributed by atoms with Gasteiger partial charge in [0.05, 0.1) is 29.7 Å². The van der Waals surface area contributed by atoms with Crippen LogP contribution in [0.2, 0.25) is 5.02 Å². The normalized spacial score (nSPS) is 10.8. The fourth-order valence-electron chi connectivity index (χ4n) is 2.35. The van der Waals surface area contributed by atoms with E-state index < -0.39 is 22.7 Å². The molecule has 11 heteroatoms. The van der Waals surface area contributed by atoms with E-state index in [1.165, 1.54) is 26.2 Å². The van der Waals surface area contributed by atoms with Crippen molar-refractivity contribution >= 4 is 46.5 Å². The van der Waals surface area contributed by atoms with Crippen LogP contribution < -0.4 is 10.7 Å². The molecule has 0 fully saturated rings. The third kappa shape index (κ3) is 5.85. The number of benzene rings is 2. The van der Waals surface area contributed by atoms with Crippen LogP contribution in [-0.4, -0.2) is 35.5 Å². The summed E-state index contributed by atoms with van der Waals surface area (Å²) in [6.45, 7) is 1.52. The Labute approximate surface area is 176 Å². The van der Waals surface area contributed by atoms with Crippen LogP contribution in [0, 0.1) is 10.1 Å². The molecule has 0 heterocycles. The fraction of sp³-hybridized carbons (Fsp3) is 0.158. The lowest BCUT2D eigenvalue weighted by Gasteiger charge is -2.09. The van der Waals surface area contributed by atoms with Gasteiger partial charge in [-0.05, 0) is 31.2 Å². The molecule has 0 aromatic heterocycles. The molecule has 2 amide bonds. The summed E-state index contributed by atoms with van der Waals surface area (Å²) in [7, 11) is 1.23. The maximum absolute atomic E-state index is 12.2. The van der Waals surface area contributed by atoms with Gasteiger partial charge in [-0.2, -0.15) is 5.10 Å². The average Bonchev–Trinajstić information content (AvgIpc) is 2.71. The highest BCUT2D eigenvalue weighted by Crippen LogP contribution is 2.24. The lowest BCUT2D eigenvalue weighted by molar-refractivity contribution is -0.384. The average molecular weight is 433 g/mol. The number of anilines is 1. The third-order valence-electron chi connectivity index (χ3n) is 3.78. The Kier molecular flexibility index (Phi) is 7.59. The second-order valence-electron chi connectivity index (χ2n) is 5.97. The molecule has 0 radical (unpaired) electrons. The molecular weight excluding hydrogens is 416 g/mol. The van der Waals surface area contributed by atoms with Crippen LogP contribution >= 0.6 is 11.6 Å². The van der Waals surface area contributed by atoms with Gasteiger partial charge in [0, 0.05) is 17.3 Å². The Bertz CT molecular complexity index is 1040. The predicted molar refractivity (Wildman–Crippen MR) is 110 cm³/mol. The Morgan fingerprint density at radius 2 is 1.90 bits per heavy atom. The molecule has 0 aliphatic rings. The van der Waals surface area contributed by atoms with Crippen molar-refractivity contribution in [1.29, 1.82) is 0 Å². The van der Waals surface area contributed by atoms with Crippen molar-refractivity contribution < 1.29 is 24.0 Å². The summed E-state index contributed by atoms with van der Waals surface area (Å²) in [5.74, 6) is -1.70. The number of para-hydroxylation sites is 1. The molecule has 2 N–H and O–H groups in total. The van der Waals surface area contributed by atoms with E-state index in [-0.39, 0.29) is 39.7 Å². The fourth-order valence-corrected chi connectivity index (χ4v) is 2.60. The molecule has 0 atom stereocenters. The minimum atomic E-state index is -0.663. The van der Waals surface area contributed by atoms with Gasteiger partial charge in [-0.25, -0.2) is 10.2 Å². The van der Waals surface area contributed by atoms with E-state index in [4.69, 9.17) is 11.6 Å². The molecule has 2 rings (SSSR count). The van der Waals surface area contributed by atoms with Crippen LogP contribution in [0.4, 0.5) is 11.4 Å². The van der Waals surface area contributed by atoms with Crippen molar-refractivity contribution in [2.45, 2.75) is 13.3 Å². The Balaban J connectivity index is 1.99. The lowest BCUT2D eigenvalue weighted by Crippen LogP contribution is -2.22. The van der Waals surface area contributed by atoms with Crippen LogP contribution in [0.25, 0.3) is 0 Å². The predicted octanol–water partition coefficient (Wildman–Crippen LogP) is 3.17. The number of nitro benzene ring substituents is 1. The van der Waals surface area contributed by atoms with E-state index in [1.54, 1.807) is 18.2 Å². The first-order valence-corrected chi connectivity index (χ1v) is 8.85. The van der Waals surface area contributed by atoms with Crippen LogP contribution in [0.3, 0.4) is 0 Å². The minimum Gasteiger partial charge on any atom is -0.465 e. The molecule has 2 aromatic rings. The van der Waals surface area contributed by atoms with Gasteiger partial charge in [-0.15, -0.1) is 0 Å². The Morgan fingerprint density at radius 1 is 1.20 bits per heavy atom. The molecule has 10 nitrogen and oxygen atoms in total. The SMILES string of the molecule is COC(=O)c1ccccc1NC(=O)CC(C)=NNC(=O)c1ccc([N+](=O)[O-])c(Cl)c1. The van der Waals surface area contributed by atoms with Gasteiger partial charge >= 0.3 is 5.97 Å². The van der Waals surface area contributed by atoms with Gasteiger partial charge in [0.15, 0.2) is 0 Å². The first kappa shape index (κ1) is 22.5. The number of amides is 2. The van der Waals surface area contributed by atoms with Gasteiger partial charge in [0.1, 0.15) is 5.02 Å². The summed E-state index contributed by atoms with van der Waals surface area (Å²) in [4.78, 5) is 46.2. The summed E-state index contributed by atoms with van der Waals surface area (Å²) in [5.41, 5.74) is 2.76. The summed E-state index contributed by atoms with van der Waals surface area (Å²) in [6.07, 6.45) is -0.156. The van der Waals surface area contributed by atoms with E-state index in [1.807, 2.05) is 0 Å². The molecular formula is C19H17ClN4O6. The first-order valence-electron chi connectivity index (χ1n) is 8.47. The number of halogens is 1. The van der Waals surface area contributed by atoms with Crippen molar-refractivity contribution in [3.8, 4) is 0 Å². The van der Waals surface area contributed by atoms with E-state index in [9.17, 15) is 24.5 Å². The number of esters is 1. The van der Waals surface area contributed by atoms with Crippen LogP contribution in [-0.2, 0) is 9.53 Å². The number of rotatable bonds is 7. The van der Waals surface area contributed by atoms with Crippen molar-refractivity contribution in [3.05, 3.63) is 68.7 Å². The highest BCUT2D eigenvalue weighted by molar-refractivity contribution is 6.33. The van der Waals surface area contributed by atoms with Crippen molar-refractivity contribution in [2.24, 2.45) is 5.10 Å². The second-order valence-corrected chi connectivity index (χ2v) is 6.38. The highest BCUT2D eigenvalue weighted by atomic mass is 35.5. The van der Waals surface area contributed by atoms with Crippen molar-refractivity contribution in [1.82, 2.24) is 5.43 Å². The number of nitrogens with zero attached hydrogens (tertiary/aromatic N) is 2. The Morgan fingerprint density at radius 3 is 2.53 bits per heavy atom. The summed E-state index contributed by atoms with van der Waals surface area (Å²) in [5, 5.41) is 17.0. The molecule has 0 aliphatic carbocycles. The van der Waals surface area contributed by atoms with Gasteiger partial charge < -0.3 is 10.1 Å². The second kappa shape index (κ2) is 10.1. The molecule has 30 heavy (non-hydrogen) atoms. The summed E-state index contributed by atoms with van der Waals surface area (Å²) >= 11 is 5.78. The maximum Gasteiger partial charge on any atom is 0.339 e. The van der Waals surface area contributed by atoms with Gasteiger partial charge in [-0.1, -0.05) is 23.7 Å². The number of methoxy groups -OCH3 is 1.